The highest BCUT2D eigenvalue weighted by molar-refractivity contribution is 6.30. The van der Waals surface area contributed by atoms with E-state index >= 15 is 0 Å². The van der Waals surface area contributed by atoms with Gasteiger partial charge < -0.3 is 14.5 Å². The first-order valence-corrected chi connectivity index (χ1v) is 11.8. The molecule has 1 aliphatic heterocycles. The van der Waals surface area contributed by atoms with Crippen molar-refractivity contribution in [3.05, 3.63) is 40.6 Å². The van der Waals surface area contributed by atoms with E-state index in [1.54, 1.807) is 0 Å². The van der Waals surface area contributed by atoms with Crippen LogP contribution in [0.2, 0.25) is 5.02 Å². The third kappa shape index (κ3) is 4.62. The van der Waals surface area contributed by atoms with Crippen molar-refractivity contribution in [1.82, 2.24) is 15.5 Å². The number of rotatable bonds is 5. The van der Waals surface area contributed by atoms with Gasteiger partial charge in [-0.25, -0.2) is 0 Å². The molecule has 0 unspecified atom stereocenters. The molecule has 0 spiro atoms. The Bertz CT molecular complexity index is 1050. The highest BCUT2D eigenvalue weighted by atomic mass is 35.5. The summed E-state index contributed by atoms with van der Waals surface area (Å²) in [4.78, 5) is 10.6. The van der Waals surface area contributed by atoms with Crippen LogP contribution in [-0.4, -0.2) is 41.2 Å². The molecule has 2 heterocycles. The second kappa shape index (κ2) is 8.71. The van der Waals surface area contributed by atoms with Gasteiger partial charge in [0.15, 0.2) is 0 Å². The van der Waals surface area contributed by atoms with Gasteiger partial charge in [-0.15, -0.1) is 23.4 Å². The van der Waals surface area contributed by atoms with Crippen LogP contribution < -0.4 is 10.1 Å². The lowest BCUT2D eigenvalue weighted by molar-refractivity contribution is -0.352. The van der Waals surface area contributed by atoms with Crippen LogP contribution >= 0.6 is 11.6 Å². The predicted molar refractivity (Wildman–Crippen MR) is 115 cm³/mol. The second-order valence-electron chi connectivity index (χ2n) is 9.68. The summed E-state index contributed by atoms with van der Waals surface area (Å²) in [6, 6.07) is 5.79. The van der Waals surface area contributed by atoms with E-state index in [-0.39, 0.29) is 29.7 Å². The average molecular weight is 500 g/mol. The lowest BCUT2D eigenvalue weighted by Crippen LogP contribution is -2.55. The van der Waals surface area contributed by atoms with Gasteiger partial charge in [0.25, 0.3) is 0 Å². The maximum Gasteiger partial charge on any atom is 0.522 e. The van der Waals surface area contributed by atoms with E-state index < -0.39 is 12.5 Å². The number of benzene rings is 1. The van der Waals surface area contributed by atoms with Gasteiger partial charge in [-0.2, -0.15) is 0 Å². The van der Waals surface area contributed by atoms with Crippen molar-refractivity contribution in [3.63, 3.8) is 0 Å². The number of carbonyl (C=O) groups is 1. The Morgan fingerprint density at radius 1 is 1.21 bits per heavy atom. The molecule has 2 aromatic rings. The molecule has 2 bridgehead atoms. The lowest BCUT2D eigenvalue weighted by atomic mass is 9.65. The Kier molecular flexibility index (Phi) is 6.00. The van der Waals surface area contributed by atoms with Crippen molar-refractivity contribution in [2.75, 3.05) is 6.61 Å². The van der Waals surface area contributed by atoms with Gasteiger partial charge in [0, 0.05) is 16.5 Å². The summed E-state index contributed by atoms with van der Waals surface area (Å²) in [5.41, 5.74) is 0.925. The molecule has 0 atom stereocenters. The van der Waals surface area contributed by atoms with E-state index in [0.717, 1.165) is 62.3 Å². The van der Waals surface area contributed by atoms with Crippen LogP contribution in [0.5, 0.6) is 5.75 Å². The van der Waals surface area contributed by atoms with Crippen LogP contribution in [0.15, 0.2) is 22.6 Å². The topological polar surface area (TPSA) is 86.5 Å². The standard InChI is InChI=1S/C14H16F3N3O3.C9H9ClO/c15-14(16,17)23-9-3-8(4-9)10-19-20-11(22-10)12-1-2-13(5-12,6-12)18-7-21;10-8-3-4-9-7(6-8)2-1-5-11-9/h7-9H,1-6H2,(H,18,21);3-4,6H,1-2,5H2. The number of carbonyl (C=O) groups excluding carboxylic acids is 1. The van der Waals surface area contributed by atoms with E-state index in [4.69, 9.17) is 20.8 Å². The number of amides is 1. The van der Waals surface area contributed by atoms with Crippen molar-refractivity contribution in [2.24, 2.45) is 0 Å². The fraction of sp³-hybridized carbons (Fsp3) is 0.609. The molecule has 1 amide bonds. The van der Waals surface area contributed by atoms with Crippen LogP contribution in [0, 0.1) is 0 Å². The van der Waals surface area contributed by atoms with Gasteiger partial charge >= 0.3 is 6.36 Å². The summed E-state index contributed by atoms with van der Waals surface area (Å²) in [7, 11) is 0. The predicted octanol–water partition coefficient (Wildman–Crippen LogP) is 4.83. The van der Waals surface area contributed by atoms with Crippen LogP contribution in [0.1, 0.15) is 68.2 Å². The fourth-order valence-electron chi connectivity index (χ4n) is 5.63. The fourth-order valence-corrected chi connectivity index (χ4v) is 5.82. The number of aromatic nitrogens is 2. The van der Waals surface area contributed by atoms with E-state index in [2.05, 4.69) is 20.3 Å². The Labute approximate surface area is 199 Å². The molecular formula is C23H25ClF3N3O4. The van der Waals surface area contributed by atoms with Crippen LogP contribution in [0.4, 0.5) is 13.2 Å². The largest absolute Gasteiger partial charge is 0.522 e. The summed E-state index contributed by atoms with van der Waals surface area (Å²) in [5, 5.41) is 11.8. The first-order chi connectivity index (χ1) is 16.2. The summed E-state index contributed by atoms with van der Waals surface area (Å²) < 4.78 is 51.5. The third-order valence-electron chi connectivity index (χ3n) is 7.31. The molecule has 0 saturated heterocycles. The average Bonchev–Trinajstić information content (AvgIpc) is 3.44. The van der Waals surface area contributed by atoms with Crippen molar-refractivity contribution in [2.45, 2.75) is 80.7 Å². The number of alkyl halides is 3. The number of halogens is 4. The quantitative estimate of drug-likeness (QED) is 0.593. The zero-order valence-electron chi connectivity index (χ0n) is 18.4. The normalized spacial score (nSPS) is 31.2. The van der Waals surface area contributed by atoms with Crippen molar-refractivity contribution < 1.29 is 31.9 Å². The molecule has 11 heteroatoms. The summed E-state index contributed by atoms with van der Waals surface area (Å²) in [6.07, 6.45) is 1.30. The number of nitrogens with zero attached hydrogens (tertiary/aromatic N) is 2. The molecule has 1 aromatic heterocycles. The van der Waals surface area contributed by atoms with E-state index in [0.29, 0.717) is 11.8 Å². The molecule has 1 N–H and O–H groups in total. The summed E-state index contributed by atoms with van der Waals surface area (Å²) in [5.74, 6) is 1.78. The lowest BCUT2D eigenvalue weighted by Gasteiger charge is -2.44. The van der Waals surface area contributed by atoms with Crippen LogP contribution in [0.3, 0.4) is 0 Å². The molecule has 34 heavy (non-hydrogen) atoms. The molecule has 4 fully saturated rings. The van der Waals surface area contributed by atoms with Crippen LogP contribution in [0.25, 0.3) is 0 Å². The van der Waals surface area contributed by atoms with Gasteiger partial charge in [-0.1, -0.05) is 11.6 Å². The minimum Gasteiger partial charge on any atom is -0.493 e. The van der Waals surface area contributed by atoms with Gasteiger partial charge in [0.1, 0.15) is 5.75 Å². The van der Waals surface area contributed by atoms with Gasteiger partial charge in [0.05, 0.1) is 18.1 Å². The molecule has 5 aliphatic rings. The SMILES string of the molecule is Clc1ccc2c(c1)CCCO2.O=CNC12CCC(c3nnc(C4CC(OC(F)(F)F)C4)o3)(C1)C2. The zero-order chi connectivity index (χ0) is 24.0. The summed E-state index contributed by atoms with van der Waals surface area (Å²) >= 11 is 5.82. The number of aryl methyl sites for hydroxylation is 1. The van der Waals surface area contributed by atoms with Crippen molar-refractivity contribution >= 4 is 18.0 Å². The Morgan fingerprint density at radius 2 is 2.00 bits per heavy atom. The molecule has 7 nitrogen and oxygen atoms in total. The molecule has 4 saturated carbocycles. The van der Waals surface area contributed by atoms with Crippen LogP contribution in [-0.2, 0) is 21.4 Å². The molecule has 1 aromatic carbocycles. The number of ether oxygens (including phenoxy) is 2. The summed E-state index contributed by atoms with van der Waals surface area (Å²) in [6.45, 7) is 0.842. The van der Waals surface area contributed by atoms with E-state index in [1.807, 2.05) is 18.2 Å². The molecular weight excluding hydrogens is 475 g/mol. The molecule has 184 valence electrons. The van der Waals surface area contributed by atoms with Gasteiger partial charge in [0.2, 0.25) is 18.2 Å². The van der Waals surface area contributed by atoms with Gasteiger partial charge in [-0.05, 0) is 75.1 Å². The van der Waals surface area contributed by atoms with Crippen molar-refractivity contribution in [3.8, 4) is 5.75 Å². The number of hydrogen-bond donors (Lipinski definition) is 1. The first-order valence-electron chi connectivity index (χ1n) is 11.4. The van der Waals surface area contributed by atoms with E-state index in [9.17, 15) is 18.0 Å². The van der Waals surface area contributed by atoms with E-state index in [1.165, 1.54) is 5.56 Å². The Balaban J connectivity index is 0.000000183. The smallest absolute Gasteiger partial charge is 0.493 e. The molecule has 7 rings (SSSR count). The Morgan fingerprint density at radius 3 is 2.74 bits per heavy atom. The highest BCUT2D eigenvalue weighted by Gasteiger charge is 2.64. The second-order valence-corrected chi connectivity index (χ2v) is 10.1. The maximum absolute atomic E-state index is 12.1. The van der Waals surface area contributed by atoms with Gasteiger partial charge in [-0.3, -0.25) is 9.53 Å². The maximum atomic E-state index is 12.1. The first kappa shape index (κ1) is 23.4. The Hall–Kier alpha value is -2.33. The zero-order valence-corrected chi connectivity index (χ0v) is 19.1. The highest BCUT2D eigenvalue weighted by Crippen LogP contribution is 2.62. The number of fused-ring (bicyclic) bond motifs is 2. The minimum absolute atomic E-state index is 0.140. The van der Waals surface area contributed by atoms with Crippen molar-refractivity contribution in [1.29, 1.82) is 0 Å². The third-order valence-corrected chi connectivity index (χ3v) is 7.55. The molecule has 0 radical (unpaired) electrons. The monoisotopic (exact) mass is 499 g/mol. The minimum atomic E-state index is -4.60. The molecule has 4 aliphatic carbocycles. The number of hydrogen-bond acceptors (Lipinski definition) is 6. The number of nitrogens with one attached hydrogen (secondary N) is 1.